The van der Waals surface area contributed by atoms with E-state index in [1.165, 1.54) is 84.9 Å². The summed E-state index contributed by atoms with van der Waals surface area (Å²) < 4.78 is 43.1. The minimum absolute atomic E-state index is 0.00762. The van der Waals surface area contributed by atoms with Crippen LogP contribution in [0, 0.1) is 11.6 Å². The molecule has 0 aliphatic carbocycles. The van der Waals surface area contributed by atoms with Gasteiger partial charge in [-0.3, -0.25) is 29.0 Å². The monoisotopic (exact) mass is 584 g/mol. The van der Waals surface area contributed by atoms with E-state index in [0.717, 1.165) is 9.80 Å². The van der Waals surface area contributed by atoms with Crippen LogP contribution in [0.5, 0.6) is 23.0 Å². The van der Waals surface area contributed by atoms with Crippen molar-refractivity contribution < 1.29 is 42.2 Å². The van der Waals surface area contributed by atoms with Crippen LogP contribution in [0.3, 0.4) is 0 Å². The average Bonchev–Trinajstić information content (AvgIpc) is 3.38. The van der Waals surface area contributed by atoms with Crippen molar-refractivity contribution in [2.45, 2.75) is 0 Å². The van der Waals surface area contributed by atoms with E-state index in [1.54, 1.807) is 0 Å². The highest BCUT2D eigenvalue weighted by Crippen LogP contribution is 2.32. The van der Waals surface area contributed by atoms with E-state index in [-0.39, 0.29) is 60.1 Å². The Morgan fingerprint density at radius 1 is 0.465 bits per heavy atom. The molecule has 0 aromatic heterocycles. The lowest BCUT2D eigenvalue weighted by Gasteiger charge is -2.14. The van der Waals surface area contributed by atoms with Crippen molar-refractivity contribution in [2.24, 2.45) is 0 Å². The third-order valence-corrected chi connectivity index (χ3v) is 6.91. The molecule has 4 amide bonds. The summed E-state index contributed by atoms with van der Waals surface area (Å²) in [6.45, 7) is 0.0358. The second-order valence-electron chi connectivity index (χ2n) is 9.65. The van der Waals surface area contributed by atoms with Crippen LogP contribution < -0.4 is 14.2 Å². The number of rotatable bonds is 10. The van der Waals surface area contributed by atoms with Gasteiger partial charge in [0.05, 0.1) is 35.3 Å². The Morgan fingerprint density at radius 3 is 1.21 bits per heavy atom. The van der Waals surface area contributed by atoms with Crippen LogP contribution in [-0.2, 0) is 0 Å². The van der Waals surface area contributed by atoms with E-state index in [2.05, 4.69) is 0 Å². The Kier molecular flexibility index (Phi) is 7.29. The van der Waals surface area contributed by atoms with Gasteiger partial charge in [0.2, 0.25) is 0 Å². The van der Waals surface area contributed by atoms with Crippen LogP contribution in [0.25, 0.3) is 0 Å². The van der Waals surface area contributed by atoms with Gasteiger partial charge in [-0.05, 0) is 84.9 Å². The number of carbonyl (C=O) groups is 4. The maximum absolute atomic E-state index is 13.1. The summed E-state index contributed by atoms with van der Waals surface area (Å²) >= 11 is 0. The molecule has 9 nitrogen and oxygen atoms in total. The SMILES string of the molecule is O=C1c2ccc(Oc3ccc4c(c3)C(=O)N(CCOc3ccc(F)cc3)C4=O)cc2C(=O)N1CCOc1ccc(F)cc1. The minimum atomic E-state index is -0.513. The molecule has 216 valence electrons. The maximum atomic E-state index is 13.1. The van der Waals surface area contributed by atoms with Crippen molar-refractivity contribution in [1.29, 1.82) is 0 Å². The smallest absolute Gasteiger partial charge is 0.261 e. The molecule has 0 bridgehead atoms. The summed E-state index contributed by atoms with van der Waals surface area (Å²) in [7, 11) is 0. The number of nitrogens with zero attached hydrogens (tertiary/aromatic N) is 2. The Bertz CT molecular complexity index is 1630. The van der Waals surface area contributed by atoms with Gasteiger partial charge in [0.1, 0.15) is 47.8 Å². The Balaban J connectivity index is 1.09. The standard InChI is InChI=1S/C32H22F2N2O7/c33-19-1-5-21(6-2-19)41-15-13-35-29(37)25-11-9-23(17-27(25)31(35)39)43-24-10-12-26-28(18-24)32(40)36(30(26)38)14-16-42-22-7-3-20(34)4-8-22/h1-12,17-18H,13-16H2. The molecule has 0 unspecified atom stereocenters. The van der Waals surface area contributed by atoms with E-state index in [1.807, 2.05) is 0 Å². The number of ether oxygens (including phenoxy) is 3. The first-order valence-electron chi connectivity index (χ1n) is 13.2. The number of hydrogen-bond acceptors (Lipinski definition) is 7. The number of hydrogen-bond donors (Lipinski definition) is 0. The third-order valence-electron chi connectivity index (χ3n) is 6.91. The summed E-state index contributed by atoms with van der Waals surface area (Å²) in [5.74, 6) is -1.46. The fourth-order valence-corrected chi connectivity index (χ4v) is 4.78. The number of fused-ring (bicyclic) bond motifs is 2. The number of amides is 4. The quantitative estimate of drug-likeness (QED) is 0.239. The molecule has 0 radical (unpaired) electrons. The van der Waals surface area contributed by atoms with Crippen LogP contribution in [-0.4, -0.2) is 59.7 Å². The summed E-state index contributed by atoms with van der Waals surface area (Å²) in [5.41, 5.74) is 0.743. The summed E-state index contributed by atoms with van der Waals surface area (Å²) in [6, 6.07) is 19.7. The molecule has 2 aliphatic rings. The van der Waals surface area contributed by atoms with Crippen molar-refractivity contribution in [3.63, 3.8) is 0 Å². The van der Waals surface area contributed by atoms with Crippen molar-refractivity contribution in [1.82, 2.24) is 9.80 Å². The Hall–Kier alpha value is -5.58. The number of halogens is 2. The highest BCUT2D eigenvalue weighted by molar-refractivity contribution is 6.22. The van der Waals surface area contributed by atoms with Crippen LogP contribution >= 0.6 is 0 Å². The molecule has 0 fully saturated rings. The van der Waals surface area contributed by atoms with Gasteiger partial charge in [-0.2, -0.15) is 0 Å². The average molecular weight is 585 g/mol. The van der Waals surface area contributed by atoms with Crippen molar-refractivity contribution in [2.75, 3.05) is 26.3 Å². The van der Waals surface area contributed by atoms with Gasteiger partial charge >= 0.3 is 0 Å². The highest BCUT2D eigenvalue weighted by Gasteiger charge is 2.37. The fourth-order valence-electron chi connectivity index (χ4n) is 4.78. The molecule has 0 atom stereocenters. The Morgan fingerprint density at radius 2 is 0.814 bits per heavy atom. The normalized spacial score (nSPS) is 13.8. The van der Waals surface area contributed by atoms with Crippen LogP contribution in [0.1, 0.15) is 41.4 Å². The van der Waals surface area contributed by atoms with Gasteiger partial charge in [0, 0.05) is 0 Å². The zero-order chi connectivity index (χ0) is 30.1. The van der Waals surface area contributed by atoms with Gasteiger partial charge in [-0.1, -0.05) is 0 Å². The van der Waals surface area contributed by atoms with Gasteiger partial charge in [0.15, 0.2) is 0 Å². The third kappa shape index (κ3) is 5.52. The van der Waals surface area contributed by atoms with E-state index >= 15 is 0 Å². The van der Waals surface area contributed by atoms with Gasteiger partial charge in [-0.15, -0.1) is 0 Å². The molecule has 4 aromatic carbocycles. The molecular formula is C32H22F2N2O7. The topological polar surface area (TPSA) is 102 Å². The molecule has 43 heavy (non-hydrogen) atoms. The fraction of sp³-hybridized carbons (Fsp3) is 0.125. The molecule has 4 aromatic rings. The van der Waals surface area contributed by atoms with Crippen molar-refractivity contribution in [3.8, 4) is 23.0 Å². The molecular weight excluding hydrogens is 562 g/mol. The molecule has 0 saturated carbocycles. The molecule has 0 saturated heterocycles. The number of imide groups is 2. The van der Waals surface area contributed by atoms with E-state index in [4.69, 9.17) is 14.2 Å². The maximum Gasteiger partial charge on any atom is 0.261 e. The van der Waals surface area contributed by atoms with Gasteiger partial charge in [0.25, 0.3) is 23.6 Å². The molecule has 2 heterocycles. The van der Waals surface area contributed by atoms with Gasteiger partial charge < -0.3 is 14.2 Å². The lowest BCUT2D eigenvalue weighted by Crippen LogP contribution is -2.33. The van der Waals surface area contributed by atoms with Crippen molar-refractivity contribution in [3.05, 3.63) is 119 Å². The predicted octanol–water partition coefficient (Wildman–Crippen LogP) is 5.11. The minimum Gasteiger partial charge on any atom is -0.492 e. The molecule has 2 aliphatic heterocycles. The first-order valence-corrected chi connectivity index (χ1v) is 13.2. The van der Waals surface area contributed by atoms with Gasteiger partial charge in [-0.25, -0.2) is 8.78 Å². The van der Waals surface area contributed by atoms with E-state index < -0.39 is 35.3 Å². The lowest BCUT2D eigenvalue weighted by molar-refractivity contribution is 0.0617. The zero-order valence-electron chi connectivity index (χ0n) is 22.4. The summed E-state index contributed by atoms with van der Waals surface area (Å²) in [5, 5.41) is 0. The largest absolute Gasteiger partial charge is 0.492 e. The number of carbonyl (C=O) groups excluding carboxylic acids is 4. The highest BCUT2D eigenvalue weighted by atomic mass is 19.1. The second kappa shape index (κ2) is 11.4. The first-order chi connectivity index (χ1) is 20.8. The van der Waals surface area contributed by atoms with E-state index in [9.17, 15) is 28.0 Å². The first kappa shape index (κ1) is 27.6. The molecule has 6 rings (SSSR count). The second-order valence-corrected chi connectivity index (χ2v) is 9.65. The lowest BCUT2D eigenvalue weighted by atomic mass is 10.1. The Labute approximate surface area is 243 Å². The van der Waals surface area contributed by atoms with E-state index in [0.29, 0.717) is 11.5 Å². The molecule has 0 spiro atoms. The zero-order valence-corrected chi connectivity index (χ0v) is 22.4. The van der Waals surface area contributed by atoms with Crippen LogP contribution in [0.2, 0.25) is 0 Å². The predicted molar refractivity (Wildman–Crippen MR) is 147 cm³/mol. The number of benzene rings is 4. The van der Waals surface area contributed by atoms with Crippen LogP contribution in [0.15, 0.2) is 84.9 Å². The van der Waals surface area contributed by atoms with Crippen LogP contribution in [0.4, 0.5) is 8.78 Å². The molecule has 0 N–H and O–H groups in total. The molecule has 11 heteroatoms. The van der Waals surface area contributed by atoms with Crippen molar-refractivity contribution >= 4 is 23.6 Å². The summed E-state index contributed by atoms with van der Waals surface area (Å²) in [6.07, 6.45) is 0. The summed E-state index contributed by atoms with van der Waals surface area (Å²) in [4.78, 5) is 53.7.